The van der Waals surface area contributed by atoms with Gasteiger partial charge in [0.1, 0.15) is 11.5 Å². The predicted molar refractivity (Wildman–Crippen MR) is 165 cm³/mol. The molecule has 1 heterocycles. The van der Waals surface area contributed by atoms with Gasteiger partial charge in [-0.3, -0.25) is 0 Å². The van der Waals surface area contributed by atoms with E-state index in [0.29, 0.717) is 37.2 Å². The molecule has 0 spiro atoms. The van der Waals surface area contributed by atoms with E-state index in [1.54, 1.807) is 0 Å². The highest BCUT2D eigenvalue weighted by Crippen LogP contribution is 2.50. The van der Waals surface area contributed by atoms with Crippen molar-refractivity contribution >= 4 is 8.60 Å². The van der Waals surface area contributed by atoms with Crippen LogP contribution in [0.15, 0.2) is 24.3 Å². The van der Waals surface area contributed by atoms with Crippen LogP contribution in [0.5, 0.6) is 11.5 Å². The highest BCUT2D eigenvalue weighted by Gasteiger charge is 2.33. The first-order chi connectivity index (χ1) is 17.9. The number of aromatic hydroxyl groups is 1. The molecule has 3 rings (SSSR count). The van der Waals surface area contributed by atoms with Crippen LogP contribution in [0.25, 0.3) is 0 Å². The van der Waals surface area contributed by atoms with Gasteiger partial charge in [0.05, 0.1) is 13.2 Å². The van der Waals surface area contributed by atoms with Gasteiger partial charge in [-0.25, -0.2) is 0 Å². The van der Waals surface area contributed by atoms with Crippen LogP contribution in [0.4, 0.5) is 0 Å². The minimum absolute atomic E-state index is 0.0200. The maximum atomic E-state index is 11.5. The molecule has 39 heavy (non-hydrogen) atoms. The van der Waals surface area contributed by atoms with Crippen molar-refractivity contribution < 1.29 is 18.7 Å². The molecule has 1 aliphatic heterocycles. The quantitative estimate of drug-likeness (QED) is 0.329. The summed E-state index contributed by atoms with van der Waals surface area (Å²) in [7, 11) is -1.49. The van der Waals surface area contributed by atoms with Crippen molar-refractivity contribution in [3.8, 4) is 11.5 Å². The van der Waals surface area contributed by atoms with Crippen molar-refractivity contribution in [2.75, 3.05) is 13.2 Å². The van der Waals surface area contributed by atoms with Crippen molar-refractivity contribution in [3.05, 3.63) is 57.6 Å². The molecule has 0 saturated carbocycles. The number of benzene rings is 2. The van der Waals surface area contributed by atoms with Crippen LogP contribution in [0.3, 0.4) is 0 Å². The lowest BCUT2D eigenvalue weighted by molar-refractivity contribution is 0.0424. The van der Waals surface area contributed by atoms with Gasteiger partial charge >= 0.3 is 8.60 Å². The zero-order valence-corrected chi connectivity index (χ0v) is 27.5. The summed E-state index contributed by atoms with van der Waals surface area (Å²) < 4.78 is 18.8. The van der Waals surface area contributed by atoms with Crippen molar-refractivity contribution in [1.29, 1.82) is 0 Å². The smallest absolute Gasteiger partial charge is 0.397 e. The minimum Gasteiger partial charge on any atom is -0.507 e. The van der Waals surface area contributed by atoms with Crippen molar-refractivity contribution in [3.63, 3.8) is 0 Å². The van der Waals surface area contributed by atoms with Crippen LogP contribution in [0.2, 0.25) is 0 Å². The van der Waals surface area contributed by atoms with E-state index in [4.69, 9.17) is 13.6 Å². The lowest BCUT2D eigenvalue weighted by Crippen LogP contribution is -2.29. The molecule has 0 bridgehead atoms. The van der Waals surface area contributed by atoms with Crippen LogP contribution in [0.1, 0.15) is 116 Å². The Morgan fingerprint density at radius 1 is 0.769 bits per heavy atom. The van der Waals surface area contributed by atoms with Crippen molar-refractivity contribution in [2.24, 2.45) is 17.3 Å². The van der Waals surface area contributed by atoms with Gasteiger partial charge < -0.3 is 18.7 Å². The van der Waals surface area contributed by atoms with Crippen molar-refractivity contribution in [1.82, 2.24) is 0 Å². The van der Waals surface area contributed by atoms with Gasteiger partial charge in [0.25, 0.3) is 0 Å². The Labute approximate surface area is 239 Å². The van der Waals surface area contributed by atoms with E-state index in [9.17, 15) is 5.11 Å². The second-order valence-electron chi connectivity index (χ2n) is 15.2. The van der Waals surface area contributed by atoms with E-state index in [-0.39, 0.29) is 16.2 Å². The summed E-state index contributed by atoms with van der Waals surface area (Å²) in [5.74, 6) is 2.18. The van der Waals surface area contributed by atoms with Gasteiger partial charge in [0.15, 0.2) is 0 Å². The topological polar surface area (TPSA) is 47.9 Å². The predicted octanol–water partition coefficient (Wildman–Crippen LogP) is 9.65. The Bertz CT molecular complexity index is 1130. The lowest BCUT2D eigenvalue weighted by atomic mass is 9.81. The third-order valence-electron chi connectivity index (χ3n) is 7.17. The van der Waals surface area contributed by atoms with E-state index < -0.39 is 8.60 Å². The molecule has 0 unspecified atom stereocenters. The minimum atomic E-state index is -1.49. The second kappa shape index (κ2) is 12.1. The fraction of sp³-hybridized carbons (Fsp3) is 0.647. The first-order valence-corrected chi connectivity index (χ1v) is 15.7. The van der Waals surface area contributed by atoms with E-state index in [1.165, 1.54) is 16.7 Å². The first kappa shape index (κ1) is 31.9. The van der Waals surface area contributed by atoms with Crippen LogP contribution in [0, 0.1) is 17.3 Å². The summed E-state index contributed by atoms with van der Waals surface area (Å²) in [4.78, 5) is 0. The van der Waals surface area contributed by atoms with Crippen LogP contribution in [-0.2, 0) is 39.1 Å². The van der Waals surface area contributed by atoms with Crippen LogP contribution >= 0.6 is 8.60 Å². The molecule has 0 radical (unpaired) electrons. The number of rotatable bonds is 8. The fourth-order valence-electron chi connectivity index (χ4n) is 4.82. The first-order valence-electron chi connectivity index (χ1n) is 14.6. The van der Waals surface area contributed by atoms with Crippen LogP contribution < -0.4 is 4.52 Å². The summed E-state index contributed by atoms with van der Waals surface area (Å²) in [5, 5.41) is 11.5. The molecule has 0 amide bonds. The summed E-state index contributed by atoms with van der Waals surface area (Å²) in [6.07, 6.45) is 2.32. The molecule has 1 N–H and O–H groups in total. The molecular weight excluding hydrogens is 503 g/mol. The number of hydrogen-bond acceptors (Lipinski definition) is 4. The molecule has 0 atom stereocenters. The molecule has 1 fully saturated rings. The molecule has 0 aliphatic carbocycles. The van der Waals surface area contributed by atoms with E-state index in [0.717, 1.165) is 35.3 Å². The fourth-order valence-corrected chi connectivity index (χ4v) is 6.29. The highest BCUT2D eigenvalue weighted by molar-refractivity contribution is 7.42. The summed E-state index contributed by atoms with van der Waals surface area (Å²) >= 11 is 0. The maximum Gasteiger partial charge on any atom is 0.397 e. The molecular formula is C34H53O4P. The third-order valence-corrected chi connectivity index (χ3v) is 8.18. The van der Waals surface area contributed by atoms with E-state index >= 15 is 0 Å². The average molecular weight is 557 g/mol. The van der Waals surface area contributed by atoms with Gasteiger partial charge in [-0.1, -0.05) is 107 Å². The number of phenols is 1. The van der Waals surface area contributed by atoms with Gasteiger partial charge in [0, 0.05) is 11.8 Å². The highest BCUT2D eigenvalue weighted by atomic mass is 31.2. The third kappa shape index (κ3) is 8.69. The molecule has 0 aromatic heterocycles. The standard InChI is InChI=1S/C34H53O4P/c1-22(2)13-24-16-28(32(5,6)7)17-25(30(24)35)15-27-19-29(33(8,9)10)18-26(14-23(3)4)31(27)38-39-36-20-34(11,12)21-37-39/h16-19,22-23,35H,13-15,20-21H2,1-12H3. The molecule has 218 valence electrons. The normalized spacial score (nSPS) is 16.8. The summed E-state index contributed by atoms with van der Waals surface area (Å²) in [6, 6.07) is 8.96. The monoisotopic (exact) mass is 556 g/mol. The van der Waals surface area contributed by atoms with Gasteiger partial charge in [-0.2, -0.15) is 0 Å². The number of phenolic OH excluding ortho intramolecular Hbond substituents is 1. The van der Waals surface area contributed by atoms with Gasteiger partial charge in [0.2, 0.25) is 0 Å². The Hall–Kier alpha value is -1.61. The number of hydrogen-bond donors (Lipinski definition) is 1. The molecule has 4 nitrogen and oxygen atoms in total. The molecule has 2 aromatic carbocycles. The Morgan fingerprint density at radius 2 is 1.21 bits per heavy atom. The Balaban J connectivity index is 2.17. The van der Waals surface area contributed by atoms with Gasteiger partial charge in [-0.05, 0) is 68.9 Å². The average Bonchev–Trinajstić information content (AvgIpc) is 2.77. The van der Waals surface area contributed by atoms with Gasteiger partial charge in [-0.15, -0.1) is 0 Å². The maximum absolute atomic E-state index is 11.5. The van der Waals surface area contributed by atoms with E-state index in [1.807, 2.05) is 0 Å². The Morgan fingerprint density at radius 3 is 1.69 bits per heavy atom. The molecule has 5 heteroatoms. The molecule has 1 saturated heterocycles. The lowest BCUT2D eigenvalue weighted by Gasteiger charge is -2.33. The second-order valence-corrected chi connectivity index (χ2v) is 16.3. The SMILES string of the molecule is CC(C)Cc1cc(C(C)(C)C)cc(Cc2cc(C(C)(C)C)cc(CC(C)C)c2OP2OCC(C)(C)CO2)c1O. The molecule has 2 aromatic rings. The summed E-state index contributed by atoms with van der Waals surface area (Å²) in [6.45, 7) is 27.9. The van der Waals surface area contributed by atoms with Crippen molar-refractivity contribution in [2.45, 2.75) is 113 Å². The largest absolute Gasteiger partial charge is 0.507 e. The summed E-state index contributed by atoms with van der Waals surface area (Å²) in [5.41, 5.74) is 6.68. The zero-order chi connectivity index (χ0) is 29.3. The Kier molecular flexibility index (Phi) is 9.90. The van der Waals surface area contributed by atoms with E-state index in [2.05, 4.69) is 107 Å². The van der Waals surface area contributed by atoms with Crippen LogP contribution in [-0.4, -0.2) is 18.3 Å². The molecule has 1 aliphatic rings. The zero-order valence-electron chi connectivity index (χ0n) is 26.6.